The fourth-order valence-corrected chi connectivity index (χ4v) is 2.09. The molecule has 1 aliphatic heterocycles. The number of hydrogen-bond acceptors (Lipinski definition) is 4. The Morgan fingerprint density at radius 2 is 2.16 bits per heavy atom. The van der Waals surface area contributed by atoms with E-state index in [0.29, 0.717) is 26.1 Å². The van der Waals surface area contributed by atoms with Gasteiger partial charge in [-0.1, -0.05) is 6.92 Å². The third kappa shape index (κ3) is 3.45. The van der Waals surface area contributed by atoms with Gasteiger partial charge in [-0.05, 0) is 20.3 Å². The maximum Gasteiger partial charge on any atom is 0.245 e. The Hall–Kier alpha value is -1.14. The number of hydrogen-bond donors (Lipinski definition) is 2. The van der Waals surface area contributed by atoms with E-state index in [4.69, 9.17) is 10.5 Å². The first-order valence-electron chi connectivity index (χ1n) is 6.86. The topological polar surface area (TPSA) is 84.7 Å². The second-order valence-corrected chi connectivity index (χ2v) is 5.10. The summed E-state index contributed by atoms with van der Waals surface area (Å²) >= 11 is 0. The number of nitrogens with one attached hydrogen (secondary N) is 1. The summed E-state index contributed by atoms with van der Waals surface area (Å²) in [6.45, 7) is 7.61. The number of ether oxygens (including phenoxy) is 1. The first-order valence-corrected chi connectivity index (χ1v) is 6.86. The van der Waals surface area contributed by atoms with E-state index in [1.807, 2.05) is 20.8 Å². The van der Waals surface area contributed by atoms with Gasteiger partial charge in [0.25, 0.3) is 0 Å². The SMILES string of the molecule is CCNC(=O)C1COCCN1C(=O)C(C)(CC)CN. The van der Waals surface area contributed by atoms with Crippen molar-refractivity contribution in [2.45, 2.75) is 33.2 Å². The standard InChI is InChI=1S/C13H25N3O3/c1-4-13(3,9-14)12(18)16-6-7-19-8-10(16)11(17)15-5-2/h10H,4-9,14H2,1-3H3,(H,15,17). The molecular formula is C13H25N3O3. The van der Waals surface area contributed by atoms with Gasteiger partial charge in [-0.15, -0.1) is 0 Å². The first kappa shape index (κ1) is 15.9. The molecule has 1 fully saturated rings. The molecule has 2 atom stereocenters. The predicted molar refractivity (Wildman–Crippen MR) is 72.5 cm³/mol. The average Bonchev–Trinajstić information content (AvgIpc) is 2.45. The molecule has 110 valence electrons. The van der Waals surface area contributed by atoms with Crippen LogP contribution >= 0.6 is 0 Å². The van der Waals surface area contributed by atoms with E-state index in [9.17, 15) is 9.59 Å². The molecule has 19 heavy (non-hydrogen) atoms. The summed E-state index contributed by atoms with van der Waals surface area (Å²) < 4.78 is 5.32. The van der Waals surface area contributed by atoms with E-state index in [0.717, 1.165) is 0 Å². The summed E-state index contributed by atoms with van der Waals surface area (Å²) in [5.41, 5.74) is 5.12. The molecule has 0 saturated carbocycles. The van der Waals surface area contributed by atoms with Gasteiger partial charge in [0.15, 0.2) is 0 Å². The highest BCUT2D eigenvalue weighted by Gasteiger charge is 2.40. The van der Waals surface area contributed by atoms with Crippen molar-refractivity contribution in [2.24, 2.45) is 11.1 Å². The molecular weight excluding hydrogens is 246 g/mol. The summed E-state index contributed by atoms with van der Waals surface area (Å²) in [5, 5.41) is 2.74. The molecule has 0 aromatic carbocycles. The van der Waals surface area contributed by atoms with Gasteiger partial charge in [-0.3, -0.25) is 9.59 Å². The van der Waals surface area contributed by atoms with Crippen molar-refractivity contribution in [3.8, 4) is 0 Å². The van der Waals surface area contributed by atoms with Gasteiger partial charge in [-0.25, -0.2) is 0 Å². The third-order valence-corrected chi connectivity index (χ3v) is 3.79. The van der Waals surface area contributed by atoms with Gasteiger partial charge in [0.2, 0.25) is 11.8 Å². The Morgan fingerprint density at radius 1 is 1.47 bits per heavy atom. The smallest absolute Gasteiger partial charge is 0.245 e. The van der Waals surface area contributed by atoms with Crippen LogP contribution < -0.4 is 11.1 Å². The lowest BCUT2D eigenvalue weighted by atomic mass is 9.85. The normalized spacial score (nSPS) is 22.7. The molecule has 0 bridgehead atoms. The van der Waals surface area contributed by atoms with Gasteiger partial charge < -0.3 is 20.7 Å². The molecule has 1 rings (SSSR count). The van der Waals surface area contributed by atoms with Crippen LogP contribution in [0.1, 0.15) is 27.2 Å². The van der Waals surface area contributed by atoms with Crippen LogP contribution in [-0.4, -0.2) is 55.6 Å². The maximum absolute atomic E-state index is 12.6. The molecule has 0 aromatic rings. The number of carbonyl (C=O) groups is 2. The van der Waals surface area contributed by atoms with E-state index >= 15 is 0 Å². The van der Waals surface area contributed by atoms with Crippen LogP contribution in [0.5, 0.6) is 0 Å². The third-order valence-electron chi connectivity index (χ3n) is 3.79. The van der Waals surface area contributed by atoms with Crippen molar-refractivity contribution in [2.75, 3.05) is 32.8 Å². The van der Waals surface area contributed by atoms with Crippen LogP contribution in [0.2, 0.25) is 0 Å². The predicted octanol–water partition coefficient (Wildman–Crippen LogP) is -0.275. The Morgan fingerprint density at radius 3 is 2.68 bits per heavy atom. The summed E-state index contributed by atoms with van der Waals surface area (Å²) in [6, 6.07) is -0.543. The highest BCUT2D eigenvalue weighted by Crippen LogP contribution is 2.25. The Kier molecular flexibility index (Phi) is 5.75. The molecule has 2 unspecified atom stereocenters. The minimum Gasteiger partial charge on any atom is -0.377 e. The molecule has 0 aromatic heterocycles. The zero-order valence-electron chi connectivity index (χ0n) is 12.1. The van der Waals surface area contributed by atoms with Crippen molar-refractivity contribution in [1.29, 1.82) is 0 Å². The molecule has 0 radical (unpaired) electrons. The summed E-state index contributed by atoms with van der Waals surface area (Å²) in [4.78, 5) is 26.2. The first-order chi connectivity index (χ1) is 9.00. The maximum atomic E-state index is 12.6. The van der Waals surface area contributed by atoms with E-state index in [1.54, 1.807) is 4.90 Å². The van der Waals surface area contributed by atoms with E-state index in [-0.39, 0.29) is 25.0 Å². The Bertz CT molecular complexity index is 329. The van der Waals surface area contributed by atoms with Gasteiger partial charge in [-0.2, -0.15) is 0 Å². The largest absolute Gasteiger partial charge is 0.377 e. The zero-order valence-corrected chi connectivity index (χ0v) is 12.1. The fraction of sp³-hybridized carbons (Fsp3) is 0.846. The lowest BCUT2D eigenvalue weighted by Gasteiger charge is -2.39. The highest BCUT2D eigenvalue weighted by atomic mass is 16.5. The van der Waals surface area contributed by atoms with Crippen LogP contribution in [0.3, 0.4) is 0 Å². The summed E-state index contributed by atoms with van der Waals surface area (Å²) in [7, 11) is 0. The Labute approximate surface area is 114 Å². The molecule has 1 aliphatic rings. The summed E-state index contributed by atoms with van der Waals surface area (Å²) in [6.07, 6.45) is 0.655. The minimum absolute atomic E-state index is 0.0583. The number of amides is 2. The highest BCUT2D eigenvalue weighted by molar-refractivity contribution is 5.90. The number of likely N-dealkylation sites (N-methyl/N-ethyl adjacent to an activating group) is 1. The Balaban J connectivity index is 2.87. The summed E-state index contributed by atoms with van der Waals surface area (Å²) in [5.74, 6) is -0.219. The van der Waals surface area contributed by atoms with E-state index < -0.39 is 11.5 Å². The number of rotatable bonds is 5. The zero-order chi connectivity index (χ0) is 14.5. The fourth-order valence-electron chi connectivity index (χ4n) is 2.09. The van der Waals surface area contributed by atoms with Crippen molar-refractivity contribution in [3.63, 3.8) is 0 Å². The molecule has 3 N–H and O–H groups in total. The van der Waals surface area contributed by atoms with Crippen LogP contribution in [0.15, 0.2) is 0 Å². The van der Waals surface area contributed by atoms with Crippen LogP contribution in [0.4, 0.5) is 0 Å². The van der Waals surface area contributed by atoms with Gasteiger partial charge in [0, 0.05) is 19.6 Å². The molecule has 0 aliphatic carbocycles. The molecule has 1 heterocycles. The lowest BCUT2D eigenvalue weighted by molar-refractivity contribution is -0.155. The second-order valence-electron chi connectivity index (χ2n) is 5.10. The molecule has 6 nitrogen and oxygen atoms in total. The van der Waals surface area contributed by atoms with Crippen molar-refractivity contribution in [1.82, 2.24) is 10.2 Å². The molecule has 2 amide bonds. The van der Waals surface area contributed by atoms with Crippen LogP contribution in [-0.2, 0) is 14.3 Å². The average molecular weight is 271 g/mol. The number of nitrogens with two attached hydrogens (primary N) is 1. The van der Waals surface area contributed by atoms with Gasteiger partial charge in [0.1, 0.15) is 6.04 Å². The number of carbonyl (C=O) groups excluding carboxylic acids is 2. The second kappa shape index (κ2) is 6.86. The van der Waals surface area contributed by atoms with Crippen molar-refractivity contribution in [3.05, 3.63) is 0 Å². The molecule has 0 spiro atoms. The number of nitrogens with zero attached hydrogens (tertiary/aromatic N) is 1. The van der Waals surface area contributed by atoms with Crippen molar-refractivity contribution < 1.29 is 14.3 Å². The molecule has 1 saturated heterocycles. The van der Waals surface area contributed by atoms with Gasteiger partial charge in [0.05, 0.1) is 18.6 Å². The monoisotopic (exact) mass is 271 g/mol. The molecule has 6 heteroatoms. The van der Waals surface area contributed by atoms with Crippen molar-refractivity contribution >= 4 is 11.8 Å². The lowest BCUT2D eigenvalue weighted by Crippen LogP contribution is -2.59. The minimum atomic E-state index is -0.609. The van der Waals surface area contributed by atoms with E-state index in [2.05, 4.69) is 5.32 Å². The van der Waals surface area contributed by atoms with E-state index in [1.165, 1.54) is 0 Å². The van der Waals surface area contributed by atoms with Crippen LogP contribution in [0.25, 0.3) is 0 Å². The number of morpholine rings is 1. The van der Waals surface area contributed by atoms with Gasteiger partial charge >= 0.3 is 0 Å². The van der Waals surface area contributed by atoms with Crippen LogP contribution in [0, 0.1) is 5.41 Å². The quantitative estimate of drug-likeness (QED) is 0.720.